The van der Waals surface area contributed by atoms with Gasteiger partial charge in [0.1, 0.15) is 23.5 Å². The number of aliphatic hydroxyl groups is 6. The summed E-state index contributed by atoms with van der Waals surface area (Å²) in [6.07, 6.45) is 2.10. The molecular weight excluding hydrogens is 760 g/mol. The zero-order valence-electron chi connectivity index (χ0n) is 37.4. The number of carbonyl (C=O) groups is 3. The molecular formula is C46H75FN2O10. The zero-order chi connectivity index (χ0) is 44.4. The molecule has 0 aromatic rings. The molecule has 12 nitrogen and oxygen atoms in total. The van der Waals surface area contributed by atoms with Gasteiger partial charge in [0.15, 0.2) is 11.4 Å². The molecule has 3 saturated carbocycles. The second-order valence-electron chi connectivity index (χ2n) is 20.7. The van der Waals surface area contributed by atoms with Crippen molar-refractivity contribution in [2.75, 3.05) is 19.6 Å². The number of hydrogen-bond donors (Lipinski definition) is 7. The Morgan fingerprint density at radius 2 is 1.59 bits per heavy atom. The van der Waals surface area contributed by atoms with Crippen LogP contribution in [0.2, 0.25) is 0 Å². The van der Waals surface area contributed by atoms with Crippen molar-refractivity contribution >= 4 is 17.7 Å². The number of halogens is 1. The summed E-state index contributed by atoms with van der Waals surface area (Å²) < 4.78 is 23.6. The first-order valence-electron chi connectivity index (χ1n) is 22.2. The van der Waals surface area contributed by atoms with Gasteiger partial charge in [0.25, 0.3) is 5.91 Å². The van der Waals surface area contributed by atoms with Crippen molar-refractivity contribution in [1.82, 2.24) is 10.2 Å². The summed E-state index contributed by atoms with van der Waals surface area (Å²) in [5.41, 5.74) is -7.98. The molecule has 336 valence electrons. The molecule has 4 aliphatic carbocycles. The maximum Gasteiger partial charge on any atom is 0.311 e. The molecule has 1 saturated heterocycles. The lowest BCUT2D eigenvalue weighted by Gasteiger charge is -2.63. The van der Waals surface area contributed by atoms with E-state index in [4.69, 9.17) is 4.74 Å². The van der Waals surface area contributed by atoms with E-state index in [1.807, 2.05) is 39.5 Å². The third-order valence-corrected chi connectivity index (χ3v) is 16.6. The van der Waals surface area contributed by atoms with Gasteiger partial charge in [-0.2, -0.15) is 0 Å². The predicted octanol–water partition coefficient (Wildman–Crippen LogP) is 4.02. The number of amides is 1. The SMILES string of the molecule is CC[C@H]1OC(=O)[C@H](C)[C@@H](O)[C@H](C)[C@@H](O)[C@](C)(O)C[C@@H](C)CN(CCCNC(=O)[C@@]2(O)[C@H](C)CC3C4CCC5=CC(=O)C=C[C@]5(C)[C@@]4(F)[C@@H](C)C[C@@]32C)[C@H](C)[C@@H](O)[C@]1(C)O. The highest BCUT2D eigenvalue weighted by Crippen LogP contribution is 2.72. The van der Waals surface area contributed by atoms with Crippen LogP contribution in [-0.2, 0) is 19.1 Å². The van der Waals surface area contributed by atoms with Crippen LogP contribution < -0.4 is 5.32 Å². The van der Waals surface area contributed by atoms with Crippen LogP contribution in [0, 0.1) is 52.3 Å². The Labute approximate surface area is 351 Å². The van der Waals surface area contributed by atoms with Gasteiger partial charge in [-0.25, -0.2) is 4.39 Å². The Kier molecular flexibility index (Phi) is 13.6. The number of ether oxygens (including phenoxy) is 1. The molecule has 0 spiro atoms. The number of aliphatic hydroxyl groups excluding tert-OH is 3. The summed E-state index contributed by atoms with van der Waals surface area (Å²) in [4.78, 5) is 41.8. The first-order valence-corrected chi connectivity index (χ1v) is 22.2. The lowest BCUT2D eigenvalue weighted by atomic mass is 9.43. The summed E-state index contributed by atoms with van der Waals surface area (Å²) in [6.45, 7) is 19.7. The van der Waals surface area contributed by atoms with E-state index in [1.54, 1.807) is 32.9 Å². The van der Waals surface area contributed by atoms with Crippen LogP contribution in [0.25, 0.3) is 0 Å². The number of alkyl halides is 1. The summed E-state index contributed by atoms with van der Waals surface area (Å²) >= 11 is 0. The lowest BCUT2D eigenvalue weighted by Crippen LogP contribution is -2.68. The Morgan fingerprint density at radius 1 is 0.949 bits per heavy atom. The van der Waals surface area contributed by atoms with Crippen molar-refractivity contribution in [3.8, 4) is 0 Å². The molecule has 7 N–H and O–H groups in total. The molecule has 1 amide bonds. The van der Waals surface area contributed by atoms with Crippen LogP contribution in [0.15, 0.2) is 23.8 Å². The third kappa shape index (κ3) is 7.79. The van der Waals surface area contributed by atoms with Gasteiger partial charge in [-0.15, -0.1) is 0 Å². The van der Waals surface area contributed by atoms with Gasteiger partial charge in [0, 0.05) is 42.4 Å². The molecule has 0 aromatic carbocycles. The minimum absolute atomic E-state index is 0.115. The van der Waals surface area contributed by atoms with Gasteiger partial charge in [0.2, 0.25) is 0 Å². The summed E-state index contributed by atoms with van der Waals surface area (Å²) in [6, 6.07) is -0.703. The van der Waals surface area contributed by atoms with E-state index >= 15 is 4.39 Å². The van der Waals surface area contributed by atoms with Crippen LogP contribution in [0.5, 0.6) is 0 Å². The fourth-order valence-corrected chi connectivity index (χ4v) is 13.0. The molecule has 1 heterocycles. The van der Waals surface area contributed by atoms with E-state index in [9.17, 15) is 45.0 Å². The number of ketones is 1. The van der Waals surface area contributed by atoms with Gasteiger partial charge >= 0.3 is 5.97 Å². The molecule has 5 rings (SSSR count). The second-order valence-corrected chi connectivity index (χ2v) is 20.7. The van der Waals surface area contributed by atoms with E-state index < -0.39 is 105 Å². The van der Waals surface area contributed by atoms with Crippen LogP contribution in [0.4, 0.5) is 4.39 Å². The smallest absolute Gasteiger partial charge is 0.311 e. The van der Waals surface area contributed by atoms with Crippen molar-refractivity contribution in [3.05, 3.63) is 23.8 Å². The topological polar surface area (TPSA) is 197 Å². The zero-order valence-corrected chi connectivity index (χ0v) is 37.4. The van der Waals surface area contributed by atoms with Gasteiger partial charge < -0.3 is 40.7 Å². The fraction of sp³-hybridized carbons (Fsp3) is 0.848. The minimum atomic E-state index is -1.90. The quantitative estimate of drug-likeness (QED) is 0.151. The van der Waals surface area contributed by atoms with E-state index in [-0.39, 0.29) is 37.0 Å². The second kappa shape index (κ2) is 16.8. The number of esters is 1. The number of nitrogens with one attached hydrogen (secondary N) is 1. The lowest BCUT2D eigenvalue weighted by molar-refractivity contribution is -0.199. The predicted molar refractivity (Wildman–Crippen MR) is 221 cm³/mol. The molecule has 59 heavy (non-hydrogen) atoms. The van der Waals surface area contributed by atoms with Crippen molar-refractivity contribution in [2.45, 2.75) is 174 Å². The van der Waals surface area contributed by atoms with Crippen molar-refractivity contribution < 1.29 is 54.2 Å². The third-order valence-electron chi connectivity index (χ3n) is 16.6. The summed E-state index contributed by atoms with van der Waals surface area (Å²) in [5, 5.41) is 72.9. The number of cyclic esters (lactones) is 1. The van der Waals surface area contributed by atoms with E-state index in [2.05, 4.69) is 5.32 Å². The molecule has 0 bridgehead atoms. The number of rotatable bonds is 6. The number of hydrogen-bond acceptors (Lipinski definition) is 11. The largest absolute Gasteiger partial charge is 0.459 e. The van der Waals surface area contributed by atoms with Crippen LogP contribution >= 0.6 is 0 Å². The maximum absolute atomic E-state index is 17.9. The molecule has 2 unspecified atom stereocenters. The minimum Gasteiger partial charge on any atom is -0.459 e. The first-order chi connectivity index (χ1) is 27.2. The molecule has 4 fully saturated rings. The fourth-order valence-electron chi connectivity index (χ4n) is 13.0. The monoisotopic (exact) mass is 835 g/mol. The number of nitrogens with zero attached hydrogens (tertiary/aromatic N) is 1. The molecule has 0 aromatic heterocycles. The standard InChI is InChI=1S/C46H75FN2O10/c1-12-35-44(11,57)38(53)30(7)49(24-25(2)22-43(10,56)37(52)28(5)36(51)29(6)39(54)59-35)19-13-18-48-40(55)46(58)26(3)20-34-33-15-14-31-21-32(50)16-17-41(31,8)45(33,47)27(4)23-42(34,46)9/h16-17,21,25-30,33-38,51-53,56-58H,12-15,18-20,22-24H2,1-11H3,(H,48,55)/t25-,26-,27+,28+,29-,30-,33?,34?,35-,36+,37-,38-,41+,42+,43-,44-,45-,46+/m1/s1. The van der Waals surface area contributed by atoms with Crippen LogP contribution in [-0.4, -0.2) is 126 Å². The highest BCUT2D eigenvalue weighted by molar-refractivity contribution is 6.01. The maximum atomic E-state index is 17.9. The van der Waals surface area contributed by atoms with E-state index in [0.29, 0.717) is 45.2 Å². The van der Waals surface area contributed by atoms with E-state index in [0.717, 1.165) is 5.57 Å². The number of carbonyl (C=O) groups excluding carboxylic acids is 3. The summed E-state index contributed by atoms with van der Waals surface area (Å²) in [5.74, 6) is -5.29. The molecule has 0 radical (unpaired) electrons. The molecule has 1 aliphatic heterocycles. The first kappa shape index (κ1) is 47.8. The van der Waals surface area contributed by atoms with Crippen molar-refractivity contribution in [3.63, 3.8) is 0 Å². The van der Waals surface area contributed by atoms with Gasteiger partial charge in [0.05, 0.1) is 23.7 Å². The Bertz CT molecular complexity index is 1650. The van der Waals surface area contributed by atoms with Gasteiger partial charge in [-0.1, -0.05) is 53.2 Å². The average molecular weight is 835 g/mol. The number of fused-ring (bicyclic) bond motifs is 5. The molecule has 18 atom stereocenters. The Morgan fingerprint density at radius 3 is 2.22 bits per heavy atom. The summed E-state index contributed by atoms with van der Waals surface area (Å²) in [7, 11) is 0. The Balaban J connectivity index is 1.34. The molecule has 13 heteroatoms. The van der Waals surface area contributed by atoms with Crippen molar-refractivity contribution in [2.24, 2.45) is 52.3 Å². The van der Waals surface area contributed by atoms with Gasteiger partial charge in [-0.05, 0) is 121 Å². The van der Waals surface area contributed by atoms with Gasteiger partial charge in [-0.3, -0.25) is 19.3 Å². The normalized spacial score (nSPS) is 50.0. The highest BCUT2D eigenvalue weighted by Gasteiger charge is 2.75. The van der Waals surface area contributed by atoms with E-state index in [1.165, 1.54) is 26.8 Å². The highest BCUT2D eigenvalue weighted by atomic mass is 19.1. The van der Waals surface area contributed by atoms with Crippen LogP contribution in [0.1, 0.15) is 121 Å². The molecule has 5 aliphatic rings. The Hall–Kier alpha value is -2.26. The average Bonchev–Trinajstić information content (AvgIpc) is 3.37. The van der Waals surface area contributed by atoms with Crippen LogP contribution in [0.3, 0.4) is 0 Å². The van der Waals surface area contributed by atoms with Crippen molar-refractivity contribution in [1.29, 1.82) is 0 Å². The number of allylic oxidation sites excluding steroid dienone is 4.